The number of nitrogens with zero attached hydrogens (tertiary/aromatic N) is 2. The van der Waals surface area contributed by atoms with Gasteiger partial charge in [0.1, 0.15) is 18.8 Å². The highest BCUT2D eigenvalue weighted by Crippen LogP contribution is 2.42. The van der Waals surface area contributed by atoms with Gasteiger partial charge in [-0.05, 0) is 37.7 Å². The molecule has 1 atom stereocenters. The van der Waals surface area contributed by atoms with Gasteiger partial charge in [0.15, 0.2) is 11.0 Å². The predicted molar refractivity (Wildman–Crippen MR) is 125 cm³/mol. The standard InChI is InChI=1S/C23H31N5O2S/c1-14(22(29)24-4)28(7-9-30-10-8-28)20-12-16-19(31-20)11-17(25-16)21-15-5-6-23(2,3)13-18(15)26-27-21/h11-12,14H,5-10,13H2,1-4H3,(H2-,24,25,26,27,29)/p+1. The summed E-state index contributed by atoms with van der Waals surface area (Å²) < 4.78 is 7.50. The summed E-state index contributed by atoms with van der Waals surface area (Å²) >= 11 is 1.78. The summed E-state index contributed by atoms with van der Waals surface area (Å²) in [6.45, 7) is 9.66. The number of fused-ring (bicyclic) bond motifs is 2. The minimum Gasteiger partial charge on any atom is -0.370 e. The number of hydrogen-bond donors (Lipinski definition) is 3. The van der Waals surface area contributed by atoms with Crippen molar-refractivity contribution in [1.82, 2.24) is 25.0 Å². The van der Waals surface area contributed by atoms with Gasteiger partial charge < -0.3 is 15.0 Å². The van der Waals surface area contributed by atoms with E-state index in [2.05, 4.69) is 46.5 Å². The quantitative estimate of drug-likeness (QED) is 0.540. The second kappa shape index (κ2) is 7.46. The molecule has 0 aromatic carbocycles. The third kappa shape index (κ3) is 3.41. The molecule has 8 heteroatoms. The van der Waals surface area contributed by atoms with Crippen molar-refractivity contribution in [2.75, 3.05) is 33.4 Å². The third-order valence-corrected chi connectivity index (χ3v) is 8.53. The average molecular weight is 443 g/mol. The van der Waals surface area contributed by atoms with Crippen molar-refractivity contribution < 1.29 is 9.53 Å². The molecular formula is C23H32N5O2S+. The van der Waals surface area contributed by atoms with E-state index in [1.807, 2.05) is 6.92 Å². The summed E-state index contributed by atoms with van der Waals surface area (Å²) in [7, 11) is 1.71. The summed E-state index contributed by atoms with van der Waals surface area (Å²) in [6, 6.07) is 4.30. The minimum absolute atomic E-state index is 0.0747. The zero-order chi connectivity index (χ0) is 21.8. The van der Waals surface area contributed by atoms with Crippen LogP contribution >= 0.6 is 11.3 Å². The molecule has 3 aromatic rings. The van der Waals surface area contributed by atoms with Gasteiger partial charge in [-0.1, -0.05) is 25.2 Å². The molecule has 0 bridgehead atoms. The largest absolute Gasteiger partial charge is 0.370 e. The summed E-state index contributed by atoms with van der Waals surface area (Å²) in [5, 5.41) is 12.0. The summed E-state index contributed by atoms with van der Waals surface area (Å²) in [5.74, 6) is 0.0747. The van der Waals surface area contributed by atoms with Crippen molar-refractivity contribution in [1.29, 1.82) is 0 Å². The van der Waals surface area contributed by atoms with Crippen molar-refractivity contribution in [3.05, 3.63) is 23.4 Å². The van der Waals surface area contributed by atoms with Crippen LogP contribution in [0.1, 0.15) is 38.4 Å². The van der Waals surface area contributed by atoms with E-state index in [0.717, 1.165) is 42.8 Å². The number of likely N-dealkylation sites (N-methyl/N-ethyl adjacent to an activating group) is 1. The van der Waals surface area contributed by atoms with Crippen LogP contribution < -0.4 is 9.80 Å². The molecule has 1 fully saturated rings. The van der Waals surface area contributed by atoms with Crippen LogP contribution in [0.4, 0.5) is 5.00 Å². The maximum atomic E-state index is 12.6. The van der Waals surface area contributed by atoms with Gasteiger partial charge in [0.05, 0.1) is 29.1 Å². The monoisotopic (exact) mass is 442 g/mol. The zero-order valence-electron chi connectivity index (χ0n) is 18.8. The Balaban J connectivity index is 1.50. The molecule has 0 saturated carbocycles. The van der Waals surface area contributed by atoms with Gasteiger partial charge >= 0.3 is 0 Å². The molecule has 1 aliphatic carbocycles. The molecule has 0 spiro atoms. The molecule has 0 radical (unpaired) electrons. The smallest absolute Gasteiger partial charge is 0.278 e. The van der Waals surface area contributed by atoms with Crippen LogP contribution in [0.3, 0.4) is 0 Å². The average Bonchev–Trinajstić information content (AvgIpc) is 3.44. The molecule has 4 heterocycles. The molecule has 1 saturated heterocycles. The number of hydrogen-bond acceptors (Lipinski definition) is 4. The Morgan fingerprint density at radius 2 is 2.10 bits per heavy atom. The first-order chi connectivity index (χ1) is 14.8. The van der Waals surface area contributed by atoms with Crippen molar-refractivity contribution in [3.8, 4) is 11.4 Å². The van der Waals surface area contributed by atoms with Gasteiger partial charge in [-0.3, -0.25) is 14.4 Å². The van der Waals surface area contributed by atoms with Gasteiger partial charge in [0.2, 0.25) is 0 Å². The van der Waals surface area contributed by atoms with E-state index in [-0.39, 0.29) is 11.9 Å². The highest BCUT2D eigenvalue weighted by atomic mass is 32.1. The van der Waals surface area contributed by atoms with E-state index in [1.54, 1.807) is 18.4 Å². The molecular weight excluding hydrogens is 410 g/mol. The lowest BCUT2D eigenvalue weighted by atomic mass is 9.76. The number of rotatable bonds is 4. The first kappa shape index (κ1) is 20.7. The van der Waals surface area contributed by atoms with E-state index in [4.69, 9.17) is 4.74 Å². The number of morpholine rings is 1. The Bertz CT molecular complexity index is 1090. The number of thiophene rings is 1. The van der Waals surface area contributed by atoms with E-state index in [9.17, 15) is 4.79 Å². The van der Waals surface area contributed by atoms with Gasteiger partial charge in [0.25, 0.3) is 5.91 Å². The number of nitrogens with one attached hydrogen (secondary N) is 3. The Hall–Kier alpha value is -2.16. The first-order valence-electron chi connectivity index (χ1n) is 11.2. The maximum absolute atomic E-state index is 12.6. The molecule has 7 nitrogen and oxygen atoms in total. The highest BCUT2D eigenvalue weighted by molar-refractivity contribution is 7.22. The third-order valence-electron chi connectivity index (χ3n) is 7.28. The fourth-order valence-electron chi connectivity index (χ4n) is 5.23. The number of aromatic amines is 2. The second-order valence-corrected chi connectivity index (χ2v) is 10.9. The highest BCUT2D eigenvalue weighted by Gasteiger charge is 2.43. The van der Waals surface area contributed by atoms with Crippen molar-refractivity contribution in [3.63, 3.8) is 0 Å². The topological polar surface area (TPSA) is 82.8 Å². The molecule has 1 aliphatic heterocycles. The Kier molecular flexibility index (Phi) is 4.99. The van der Waals surface area contributed by atoms with Crippen LogP contribution in [0, 0.1) is 5.41 Å². The Morgan fingerprint density at radius 3 is 2.81 bits per heavy atom. The lowest BCUT2D eigenvalue weighted by Gasteiger charge is -2.43. The van der Waals surface area contributed by atoms with Crippen LogP contribution in [-0.2, 0) is 22.4 Å². The number of quaternary nitrogens is 1. The fraction of sp³-hybridized carbons (Fsp3) is 0.565. The van der Waals surface area contributed by atoms with Crippen molar-refractivity contribution >= 4 is 32.5 Å². The molecule has 1 amide bonds. The first-order valence-corrected chi connectivity index (χ1v) is 12.0. The summed E-state index contributed by atoms with van der Waals surface area (Å²) in [6.07, 6.45) is 3.30. The lowest BCUT2D eigenvalue weighted by Crippen LogP contribution is -2.65. The van der Waals surface area contributed by atoms with Gasteiger partial charge in [-0.2, -0.15) is 5.10 Å². The van der Waals surface area contributed by atoms with E-state index >= 15 is 0 Å². The number of carbonyl (C=O) groups is 1. The van der Waals surface area contributed by atoms with Crippen LogP contribution in [-0.4, -0.2) is 60.5 Å². The normalized spacial score (nSPS) is 21.0. The van der Waals surface area contributed by atoms with Crippen LogP contribution in [0.15, 0.2) is 12.1 Å². The molecule has 31 heavy (non-hydrogen) atoms. The molecule has 2 aliphatic rings. The summed E-state index contributed by atoms with van der Waals surface area (Å²) in [4.78, 5) is 16.2. The fourth-order valence-corrected chi connectivity index (χ4v) is 6.55. The zero-order valence-corrected chi connectivity index (χ0v) is 19.6. The van der Waals surface area contributed by atoms with Gasteiger partial charge in [-0.15, -0.1) is 0 Å². The molecule has 1 unspecified atom stereocenters. The summed E-state index contributed by atoms with van der Waals surface area (Å²) in [5.41, 5.74) is 6.23. The number of H-pyrrole nitrogens is 2. The lowest BCUT2D eigenvalue weighted by molar-refractivity contribution is -0.126. The van der Waals surface area contributed by atoms with Crippen LogP contribution in [0.2, 0.25) is 0 Å². The van der Waals surface area contributed by atoms with Crippen molar-refractivity contribution in [2.45, 2.75) is 46.1 Å². The molecule has 3 aromatic heterocycles. The predicted octanol–water partition coefficient (Wildman–Crippen LogP) is 3.61. The SMILES string of the molecule is CNC(=O)C(C)[N+]1(c2cc3[nH]c(-c4n[nH]c5c4CCC(C)(C)C5)cc3s2)CCOCC1. The molecule has 5 rings (SSSR count). The number of ether oxygens (including phenoxy) is 1. The Labute approximate surface area is 186 Å². The number of aromatic nitrogens is 3. The van der Waals surface area contributed by atoms with E-state index in [0.29, 0.717) is 23.1 Å². The maximum Gasteiger partial charge on any atom is 0.278 e. The number of carbonyl (C=O) groups excluding carboxylic acids is 1. The van der Waals surface area contributed by atoms with E-state index in [1.165, 1.54) is 27.4 Å². The van der Waals surface area contributed by atoms with Crippen molar-refractivity contribution in [2.24, 2.45) is 5.41 Å². The van der Waals surface area contributed by atoms with Gasteiger partial charge in [-0.25, -0.2) is 0 Å². The molecule has 3 N–H and O–H groups in total. The Morgan fingerprint density at radius 1 is 1.32 bits per heavy atom. The number of amides is 1. The van der Waals surface area contributed by atoms with Gasteiger partial charge in [0, 0.05) is 24.4 Å². The van der Waals surface area contributed by atoms with Crippen LogP contribution in [0.25, 0.3) is 21.6 Å². The molecule has 166 valence electrons. The van der Waals surface area contributed by atoms with Crippen LogP contribution in [0.5, 0.6) is 0 Å². The minimum atomic E-state index is -0.155. The van der Waals surface area contributed by atoms with E-state index < -0.39 is 0 Å². The second-order valence-electron chi connectivity index (χ2n) is 9.80.